The first-order chi connectivity index (χ1) is 5.79. The van der Waals surface area contributed by atoms with Crippen LogP contribution in [0.25, 0.3) is 0 Å². The normalized spacial score (nSPS) is 20.1. The monoisotopic (exact) mass is 162 g/mol. The van der Waals surface area contributed by atoms with Gasteiger partial charge in [-0.25, -0.2) is 0 Å². The van der Waals surface area contributed by atoms with E-state index in [0.29, 0.717) is 0 Å². The third kappa shape index (κ3) is 1.51. The first-order valence-electron chi connectivity index (χ1n) is 4.66. The van der Waals surface area contributed by atoms with E-state index >= 15 is 0 Å². The Morgan fingerprint density at radius 3 is 2.33 bits per heavy atom. The number of nitrogens with zero attached hydrogens (tertiary/aromatic N) is 1. The molecule has 1 aromatic rings. The SMILES string of the molecule is C[N+]1(Cc2ccccc2)CCC1. The molecule has 1 aliphatic rings. The number of hydrogen-bond donors (Lipinski definition) is 0. The molecule has 64 valence electrons. The van der Waals surface area contributed by atoms with Crippen molar-refractivity contribution in [2.45, 2.75) is 13.0 Å². The molecule has 1 fully saturated rings. The second-order valence-corrected chi connectivity index (χ2v) is 4.06. The summed E-state index contributed by atoms with van der Waals surface area (Å²) < 4.78 is 1.24. The van der Waals surface area contributed by atoms with Gasteiger partial charge in [-0.2, -0.15) is 0 Å². The molecular weight excluding hydrogens is 146 g/mol. The lowest BCUT2D eigenvalue weighted by molar-refractivity contribution is -0.958. The number of benzene rings is 1. The molecule has 0 N–H and O–H groups in total. The lowest BCUT2D eigenvalue weighted by atomic mass is 10.1. The maximum absolute atomic E-state index is 2.34. The van der Waals surface area contributed by atoms with E-state index in [9.17, 15) is 0 Å². The molecule has 0 radical (unpaired) electrons. The van der Waals surface area contributed by atoms with Crippen LogP contribution in [0.5, 0.6) is 0 Å². The number of hydrogen-bond acceptors (Lipinski definition) is 0. The lowest BCUT2D eigenvalue weighted by Crippen LogP contribution is -2.53. The minimum atomic E-state index is 1.21. The Labute approximate surface area is 74.2 Å². The van der Waals surface area contributed by atoms with Crippen molar-refractivity contribution in [3.8, 4) is 0 Å². The minimum Gasteiger partial charge on any atom is -0.322 e. The predicted octanol–water partition coefficient (Wildman–Crippen LogP) is 2.04. The van der Waals surface area contributed by atoms with Crippen molar-refractivity contribution >= 4 is 0 Å². The highest BCUT2D eigenvalue weighted by atomic mass is 15.4. The van der Waals surface area contributed by atoms with Crippen LogP contribution in [0.3, 0.4) is 0 Å². The van der Waals surface area contributed by atoms with Crippen molar-refractivity contribution in [1.82, 2.24) is 0 Å². The highest BCUT2D eigenvalue weighted by Crippen LogP contribution is 2.20. The smallest absolute Gasteiger partial charge is 0.104 e. The van der Waals surface area contributed by atoms with E-state index in [1.54, 1.807) is 0 Å². The van der Waals surface area contributed by atoms with Crippen LogP contribution in [0.1, 0.15) is 12.0 Å². The molecule has 1 heterocycles. The van der Waals surface area contributed by atoms with Gasteiger partial charge >= 0.3 is 0 Å². The van der Waals surface area contributed by atoms with Crippen LogP contribution in [0.4, 0.5) is 0 Å². The second-order valence-electron chi connectivity index (χ2n) is 4.06. The highest BCUT2D eigenvalue weighted by Gasteiger charge is 2.29. The zero-order chi connectivity index (χ0) is 8.44. The van der Waals surface area contributed by atoms with Crippen LogP contribution in [-0.4, -0.2) is 24.6 Å². The standard InChI is InChI=1S/C11H16N/c1-12(8-5-9-12)10-11-6-3-2-4-7-11/h2-4,6-7H,5,8-10H2,1H3/q+1. The van der Waals surface area contributed by atoms with Gasteiger partial charge in [0.2, 0.25) is 0 Å². The molecule has 12 heavy (non-hydrogen) atoms. The van der Waals surface area contributed by atoms with E-state index in [1.807, 2.05) is 0 Å². The first kappa shape index (κ1) is 7.81. The summed E-state index contributed by atoms with van der Waals surface area (Å²) in [5.41, 5.74) is 1.47. The predicted molar refractivity (Wildman–Crippen MR) is 50.7 cm³/mol. The van der Waals surface area contributed by atoms with Gasteiger partial charge in [-0.05, 0) is 0 Å². The summed E-state index contributed by atoms with van der Waals surface area (Å²) >= 11 is 0. The molecule has 2 rings (SSSR count). The van der Waals surface area contributed by atoms with Crippen LogP contribution >= 0.6 is 0 Å². The van der Waals surface area contributed by atoms with E-state index in [0.717, 1.165) is 0 Å². The summed E-state index contributed by atoms with van der Waals surface area (Å²) in [7, 11) is 2.34. The zero-order valence-corrected chi connectivity index (χ0v) is 7.66. The minimum absolute atomic E-state index is 1.21. The Bertz CT molecular complexity index is 249. The number of likely N-dealkylation sites (tertiary alicyclic amines) is 1. The van der Waals surface area contributed by atoms with Gasteiger partial charge in [0.05, 0.1) is 20.1 Å². The van der Waals surface area contributed by atoms with Crippen molar-refractivity contribution in [1.29, 1.82) is 0 Å². The van der Waals surface area contributed by atoms with Crippen LogP contribution in [0.2, 0.25) is 0 Å². The second kappa shape index (κ2) is 2.91. The summed E-state index contributed by atoms with van der Waals surface area (Å²) in [6.45, 7) is 3.92. The van der Waals surface area contributed by atoms with E-state index in [2.05, 4.69) is 37.4 Å². The number of rotatable bonds is 2. The number of quaternary nitrogens is 1. The largest absolute Gasteiger partial charge is 0.322 e. The van der Waals surface area contributed by atoms with Gasteiger partial charge in [0, 0.05) is 12.0 Å². The van der Waals surface area contributed by atoms with Crippen molar-refractivity contribution in [2.24, 2.45) is 0 Å². The fraction of sp³-hybridized carbons (Fsp3) is 0.455. The third-order valence-electron chi connectivity index (χ3n) is 2.80. The molecule has 0 unspecified atom stereocenters. The van der Waals surface area contributed by atoms with Gasteiger partial charge in [0.15, 0.2) is 0 Å². The molecule has 1 saturated heterocycles. The molecule has 0 amide bonds. The molecule has 0 aromatic heterocycles. The van der Waals surface area contributed by atoms with Crippen molar-refractivity contribution in [3.05, 3.63) is 35.9 Å². The molecule has 1 aromatic carbocycles. The van der Waals surface area contributed by atoms with Gasteiger partial charge in [-0.3, -0.25) is 0 Å². The van der Waals surface area contributed by atoms with Crippen LogP contribution < -0.4 is 0 Å². The molecule has 0 spiro atoms. The molecule has 0 aliphatic carbocycles. The Kier molecular flexibility index (Phi) is 1.89. The van der Waals surface area contributed by atoms with Crippen molar-refractivity contribution in [3.63, 3.8) is 0 Å². The van der Waals surface area contributed by atoms with Crippen LogP contribution in [0, 0.1) is 0 Å². The Morgan fingerprint density at radius 1 is 1.17 bits per heavy atom. The molecule has 1 nitrogen and oxygen atoms in total. The zero-order valence-electron chi connectivity index (χ0n) is 7.66. The first-order valence-corrected chi connectivity index (χ1v) is 4.66. The third-order valence-corrected chi connectivity index (χ3v) is 2.80. The Balaban J connectivity index is 2.04. The van der Waals surface area contributed by atoms with Gasteiger partial charge in [-0.1, -0.05) is 30.3 Å². The summed E-state index contributed by atoms with van der Waals surface area (Å²) in [5.74, 6) is 0. The van der Waals surface area contributed by atoms with Gasteiger partial charge in [0.1, 0.15) is 6.54 Å². The van der Waals surface area contributed by atoms with Crippen LogP contribution in [0.15, 0.2) is 30.3 Å². The quantitative estimate of drug-likeness (QED) is 0.584. The fourth-order valence-corrected chi connectivity index (χ4v) is 1.88. The van der Waals surface area contributed by atoms with E-state index < -0.39 is 0 Å². The average Bonchev–Trinajstić information content (AvgIpc) is 2.04. The summed E-state index contributed by atoms with van der Waals surface area (Å²) in [6.07, 6.45) is 1.41. The van der Waals surface area contributed by atoms with Crippen molar-refractivity contribution in [2.75, 3.05) is 20.1 Å². The fourth-order valence-electron chi connectivity index (χ4n) is 1.88. The molecule has 0 atom stereocenters. The average molecular weight is 162 g/mol. The Hall–Kier alpha value is -0.820. The van der Waals surface area contributed by atoms with Gasteiger partial charge in [0.25, 0.3) is 0 Å². The van der Waals surface area contributed by atoms with E-state index in [-0.39, 0.29) is 0 Å². The summed E-state index contributed by atoms with van der Waals surface area (Å²) in [6, 6.07) is 10.8. The molecule has 1 aliphatic heterocycles. The maximum Gasteiger partial charge on any atom is 0.104 e. The molecule has 1 heteroatoms. The van der Waals surface area contributed by atoms with Crippen molar-refractivity contribution < 1.29 is 4.48 Å². The summed E-state index contributed by atoms with van der Waals surface area (Å²) in [5, 5.41) is 0. The van der Waals surface area contributed by atoms with Crippen LogP contribution in [-0.2, 0) is 6.54 Å². The topological polar surface area (TPSA) is 0 Å². The van der Waals surface area contributed by atoms with E-state index in [1.165, 1.54) is 36.1 Å². The van der Waals surface area contributed by atoms with Gasteiger partial charge < -0.3 is 4.48 Å². The summed E-state index contributed by atoms with van der Waals surface area (Å²) in [4.78, 5) is 0. The molecule has 0 bridgehead atoms. The van der Waals surface area contributed by atoms with E-state index in [4.69, 9.17) is 0 Å². The maximum atomic E-state index is 2.34. The lowest BCUT2D eigenvalue weighted by Gasteiger charge is -2.42. The molecular formula is C11H16N+. The highest BCUT2D eigenvalue weighted by molar-refractivity contribution is 5.13. The molecule has 0 saturated carbocycles. The Morgan fingerprint density at radius 2 is 1.83 bits per heavy atom. The van der Waals surface area contributed by atoms with Gasteiger partial charge in [-0.15, -0.1) is 0 Å².